The topological polar surface area (TPSA) is 43.8 Å². The lowest BCUT2D eigenvalue weighted by molar-refractivity contribution is 0.619. The van der Waals surface area contributed by atoms with Gasteiger partial charge in [-0.25, -0.2) is 4.39 Å². The van der Waals surface area contributed by atoms with Crippen molar-refractivity contribution in [3.8, 4) is 0 Å². The molecule has 3 nitrogen and oxygen atoms in total. The van der Waals surface area contributed by atoms with E-state index in [2.05, 4.69) is 5.10 Å². The van der Waals surface area contributed by atoms with E-state index in [-0.39, 0.29) is 11.9 Å². The second kappa shape index (κ2) is 5.06. The number of aromatic nitrogens is 2. The van der Waals surface area contributed by atoms with Crippen LogP contribution in [-0.4, -0.2) is 9.78 Å². The number of benzene rings is 2. The Bertz CT molecular complexity index is 748. The van der Waals surface area contributed by atoms with Gasteiger partial charge in [0.1, 0.15) is 5.82 Å². The van der Waals surface area contributed by atoms with Crippen LogP contribution in [-0.2, 0) is 13.5 Å². The molecule has 0 aliphatic heterocycles. The Labute approximate surface area is 116 Å². The Kier molecular flexibility index (Phi) is 3.24. The van der Waals surface area contributed by atoms with Crippen molar-refractivity contribution in [3.63, 3.8) is 0 Å². The van der Waals surface area contributed by atoms with Crippen LogP contribution in [0, 0.1) is 5.82 Å². The molecule has 102 valence electrons. The quantitative estimate of drug-likeness (QED) is 0.794. The van der Waals surface area contributed by atoms with Gasteiger partial charge < -0.3 is 5.73 Å². The standard InChI is InChI=1S/C16H16FN3/c1-20-15-8-3-2-7-13(15)16(19-20)14(18)10-11-5-4-6-12(17)9-11/h2-9,14H,10,18H2,1H3. The monoisotopic (exact) mass is 269 g/mol. The summed E-state index contributed by atoms with van der Waals surface area (Å²) >= 11 is 0. The molecule has 0 saturated carbocycles. The van der Waals surface area contributed by atoms with Crippen LogP contribution >= 0.6 is 0 Å². The number of nitrogens with zero attached hydrogens (tertiary/aromatic N) is 2. The summed E-state index contributed by atoms with van der Waals surface area (Å²) in [5, 5.41) is 5.56. The van der Waals surface area contributed by atoms with E-state index in [1.165, 1.54) is 12.1 Å². The molecule has 20 heavy (non-hydrogen) atoms. The van der Waals surface area contributed by atoms with Crippen molar-refractivity contribution >= 4 is 10.9 Å². The molecule has 3 aromatic rings. The summed E-state index contributed by atoms with van der Waals surface area (Å²) in [4.78, 5) is 0. The zero-order chi connectivity index (χ0) is 14.1. The van der Waals surface area contributed by atoms with Crippen molar-refractivity contribution in [1.82, 2.24) is 9.78 Å². The molecule has 0 bridgehead atoms. The van der Waals surface area contributed by atoms with Crippen LogP contribution in [0.3, 0.4) is 0 Å². The minimum atomic E-state index is -0.247. The molecular formula is C16H16FN3. The number of para-hydroxylation sites is 1. The van der Waals surface area contributed by atoms with Crippen LogP contribution in [0.5, 0.6) is 0 Å². The van der Waals surface area contributed by atoms with E-state index in [1.54, 1.807) is 6.07 Å². The molecule has 1 atom stereocenters. The minimum Gasteiger partial charge on any atom is -0.322 e. The summed E-state index contributed by atoms with van der Waals surface area (Å²) in [6.45, 7) is 0. The van der Waals surface area contributed by atoms with Gasteiger partial charge in [0.15, 0.2) is 0 Å². The molecule has 3 rings (SSSR count). The first-order chi connectivity index (χ1) is 9.65. The molecule has 1 aromatic heterocycles. The summed E-state index contributed by atoms with van der Waals surface area (Å²) < 4.78 is 15.0. The van der Waals surface area contributed by atoms with E-state index in [0.29, 0.717) is 6.42 Å². The van der Waals surface area contributed by atoms with Gasteiger partial charge in [0.05, 0.1) is 17.3 Å². The van der Waals surface area contributed by atoms with Crippen LogP contribution in [0.25, 0.3) is 10.9 Å². The minimum absolute atomic E-state index is 0.236. The van der Waals surface area contributed by atoms with Gasteiger partial charge in [0, 0.05) is 12.4 Å². The van der Waals surface area contributed by atoms with E-state index in [9.17, 15) is 4.39 Å². The highest BCUT2D eigenvalue weighted by atomic mass is 19.1. The molecular weight excluding hydrogens is 253 g/mol. The lowest BCUT2D eigenvalue weighted by Crippen LogP contribution is -2.14. The van der Waals surface area contributed by atoms with E-state index in [1.807, 2.05) is 42.1 Å². The highest BCUT2D eigenvalue weighted by Gasteiger charge is 2.15. The van der Waals surface area contributed by atoms with Gasteiger partial charge in [0.2, 0.25) is 0 Å². The zero-order valence-electron chi connectivity index (χ0n) is 11.3. The molecule has 2 aromatic carbocycles. The third-order valence-electron chi connectivity index (χ3n) is 3.48. The highest BCUT2D eigenvalue weighted by molar-refractivity contribution is 5.82. The maximum atomic E-state index is 13.2. The predicted octanol–water partition coefficient (Wildman–Crippen LogP) is 2.95. The van der Waals surface area contributed by atoms with E-state index >= 15 is 0 Å². The van der Waals surface area contributed by atoms with Crippen molar-refractivity contribution in [2.45, 2.75) is 12.5 Å². The Balaban J connectivity index is 1.95. The molecule has 0 amide bonds. The van der Waals surface area contributed by atoms with Crippen LogP contribution in [0.2, 0.25) is 0 Å². The molecule has 0 radical (unpaired) electrons. The molecule has 1 unspecified atom stereocenters. The molecule has 4 heteroatoms. The smallest absolute Gasteiger partial charge is 0.123 e. The SMILES string of the molecule is Cn1nc(C(N)Cc2cccc(F)c2)c2ccccc21. The molecule has 0 aliphatic carbocycles. The largest absolute Gasteiger partial charge is 0.322 e. The molecule has 0 saturated heterocycles. The van der Waals surface area contributed by atoms with Crippen molar-refractivity contribution in [1.29, 1.82) is 0 Å². The summed E-state index contributed by atoms with van der Waals surface area (Å²) in [5.41, 5.74) is 9.05. The average Bonchev–Trinajstić information content (AvgIpc) is 2.77. The normalized spacial score (nSPS) is 12.8. The molecule has 0 spiro atoms. The van der Waals surface area contributed by atoms with Gasteiger partial charge in [-0.05, 0) is 30.2 Å². The molecule has 0 fully saturated rings. The molecule has 1 heterocycles. The van der Waals surface area contributed by atoms with Crippen LogP contribution in [0.1, 0.15) is 17.3 Å². The number of fused-ring (bicyclic) bond motifs is 1. The molecule has 0 aliphatic rings. The number of nitrogens with two attached hydrogens (primary N) is 1. The van der Waals surface area contributed by atoms with Gasteiger partial charge in [-0.1, -0.05) is 30.3 Å². The molecule has 2 N–H and O–H groups in total. The number of rotatable bonds is 3. The van der Waals surface area contributed by atoms with Gasteiger partial charge in [-0.2, -0.15) is 5.10 Å². The first kappa shape index (κ1) is 12.8. The van der Waals surface area contributed by atoms with Crippen LogP contribution < -0.4 is 5.73 Å². The first-order valence-electron chi connectivity index (χ1n) is 6.57. The maximum absolute atomic E-state index is 13.2. The second-order valence-electron chi connectivity index (χ2n) is 4.97. The Hall–Kier alpha value is -2.20. The fourth-order valence-corrected chi connectivity index (χ4v) is 2.53. The zero-order valence-corrected chi connectivity index (χ0v) is 11.3. The second-order valence-corrected chi connectivity index (χ2v) is 4.97. The number of hydrogen-bond acceptors (Lipinski definition) is 2. The van der Waals surface area contributed by atoms with Gasteiger partial charge in [-0.15, -0.1) is 0 Å². The van der Waals surface area contributed by atoms with Crippen molar-refractivity contribution in [2.24, 2.45) is 12.8 Å². The Morgan fingerprint density at radius 3 is 2.80 bits per heavy atom. The fourth-order valence-electron chi connectivity index (χ4n) is 2.53. The third kappa shape index (κ3) is 2.30. The van der Waals surface area contributed by atoms with Crippen molar-refractivity contribution in [3.05, 3.63) is 65.6 Å². The Morgan fingerprint density at radius 1 is 1.20 bits per heavy atom. The number of halogens is 1. The Morgan fingerprint density at radius 2 is 2.00 bits per heavy atom. The average molecular weight is 269 g/mol. The van der Waals surface area contributed by atoms with Crippen molar-refractivity contribution in [2.75, 3.05) is 0 Å². The van der Waals surface area contributed by atoms with E-state index in [4.69, 9.17) is 5.73 Å². The first-order valence-corrected chi connectivity index (χ1v) is 6.57. The van der Waals surface area contributed by atoms with Gasteiger partial charge in [-0.3, -0.25) is 4.68 Å². The van der Waals surface area contributed by atoms with E-state index < -0.39 is 0 Å². The lowest BCUT2D eigenvalue weighted by atomic mass is 10.0. The predicted molar refractivity (Wildman–Crippen MR) is 77.7 cm³/mol. The van der Waals surface area contributed by atoms with Gasteiger partial charge in [0.25, 0.3) is 0 Å². The van der Waals surface area contributed by atoms with Crippen molar-refractivity contribution < 1.29 is 4.39 Å². The van der Waals surface area contributed by atoms with Crippen LogP contribution in [0.15, 0.2) is 48.5 Å². The maximum Gasteiger partial charge on any atom is 0.123 e. The van der Waals surface area contributed by atoms with Crippen LogP contribution in [0.4, 0.5) is 4.39 Å². The lowest BCUT2D eigenvalue weighted by Gasteiger charge is -2.09. The summed E-state index contributed by atoms with van der Waals surface area (Å²) in [6.07, 6.45) is 0.568. The summed E-state index contributed by atoms with van der Waals surface area (Å²) in [5.74, 6) is -0.236. The number of hydrogen-bond donors (Lipinski definition) is 1. The van der Waals surface area contributed by atoms with E-state index in [0.717, 1.165) is 22.2 Å². The fraction of sp³-hybridized carbons (Fsp3) is 0.188. The third-order valence-corrected chi connectivity index (χ3v) is 3.48. The highest BCUT2D eigenvalue weighted by Crippen LogP contribution is 2.24. The summed E-state index contributed by atoms with van der Waals surface area (Å²) in [6, 6.07) is 14.3. The number of aryl methyl sites for hydroxylation is 1. The van der Waals surface area contributed by atoms with Gasteiger partial charge >= 0.3 is 0 Å². The summed E-state index contributed by atoms with van der Waals surface area (Å²) in [7, 11) is 1.90.